The van der Waals surface area contributed by atoms with Crippen molar-refractivity contribution in [3.05, 3.63) is 11.3 Å². The zero-order chi connectivity index (χ0) is 13.4. The Bertz CT molecular complexity index is 397. The third-order valence-corrected chi connectivity index (χ3v) is 2.71. The Morgan fingerprint density at radius 2 is 1.76 bits per heavy atom. The van der Waals surface area contributed by atoms with Crippen molar-refractivity contribution in [3.63, 3.8) is 0 Å². The summed E-state index contributed by atoms with van der Waals surface area (Å²) in [5.41, 5.74) is 0.357. The molecule has 0 aromatic carbocycles. The van der Waals surface area contributed by atoms with Gasteiger partial charge < -0.3 is 15.1 Å². The molecule has 1 aromatic rings. The summed E-state index contributed by atoms with van der Waals surface area (Å²) in [6, 6.07) is 0. The van der Waals surface area contributed by atoms with E-state index in [1.165, 1.54) is 0 Å². The monoisotopic (exact) mass is 299 g/mol. The Morgan fingerprint density at radius 3 is 2.12 bits per heavy atom. The molecule has 0 fully saturated rings. The first kappa shape index (κ1) is 14.6. The molecule has 0 amide bonds. The number of hydrogen-bond donors (Lipinski definition) is 2. The Labute approximate surface area is 114 Å². The molecule has 1 unspecified atom stereocenters. The molecule has 2 N–H and O–H groups in total. The summed E-state index contributed by atoms with van der Waals surface area (Å²) in [6.07, 6.45) is -1.50. The van der Waals surface area contributed by atoms with Crippen molar-refractivity contribution in [3.8, 4) is 5.88 Å². The summed E-state index contributed by atoms with van der Waals surface area (Å²) in [7, 11) is 3.44. The second-order valence-electron chi connectivity index (χ2n) is 3.68. The lowest BCUT2D eigenvalue weighted by Crippen LogP contribution is -2.20. The van der Waals surface area contributed by atoms with Crippen LogP contribution in [0.15, 0.2) is 0 Å². The van der Waals surface area contributed by atoms with Crippen LogP contribution in [0.25, 0.3) is 0 Å². The average molecular weight is 301 g/mol. The zero-order valence-electron chi connectivity index (χ0n) is 9.45. The number of aromatic nitrogens is 2. The van der Waals surface area contributed by atoms with Crippen LogP contribution in [-0.4, -0.2) is 38.1 Å². The number of hydrogen-bond acceptors (Lipinski definition) is 5. The summed E-state index contributed by atoms with van der Waals surface area (Å²) in [5, 5.41) is 19.5. The Balaban J connectivity index is 3.28. The molecule has 0 bridgehead atoms. The first-order valence-electron chi connectivity index (χ1n) is 4.64. The molecule has 8 heteroatoms. The van der Waals surface area contributed by atoms with E-state index in [9.17, 15) is 10.2 Å². The van der Waals surface area contributed by atoms with E-state index in [0.717, 1.165) is 0 Å². The highest BCUT2D eigenvalue weighted by molar-refractivity contribution is 6.68. The highest BCUT2D eigenvalue weighted by Gasteiger charge is 2.36. The van der Waals surface area contributed by atoms with Gasteiger partial charge >= 0.3 is 0 Å². The van der Waals surface area contributed by atoms with Crippen molar-refractivity contribution in [2.45, 2.75) is 16.8 Å². The summed E-state index contributed by atoms with van der Waals surface area (Å²) in [4.78, 5) is 9.50. The van der Waals surface area contributed by atoms with E-state index >= 15 is 0 Å². The minimum atomic E-state index is -1.95. The first-order chi connectivity index (χ1) is 7.64. The van der Waals surface area contributed by atoms with E-state index in [0.29, 0.717) is 11.6 Å². The van der Waals surface area contributed by atoms with Gasteiger partial charge in [0.15, 0.2) is 0 Å². The van der Waals surface area contributed by atoms with E-state index in [-0.39, 0.29) is 5.56 Å². The van der Waals surface area contributed by atoms with Crippen LogP contribution in [0, 0.1) is 6.92 Å². The maximum Gasteiger partial charge on any atom is 0.228 e. The van der Waals surface area contributed by atoms with Gasteiger partial charge in [-0.2, -0.15) is 4.98 Å². The van der Waals surface area contributed by atoms with Crippen molar-refractivity contribution in [1.82, 2.24) is 9.97 Å². The fourth-order valence-corrected chi connectivity index (χ4v) is 1.56. The summed E-state index contributed by atoms with van der Waals surface area (Å²) < 4.78 is -1.95. The van der Waals surface area contributed by atoms with Gasteiger partial charge in [0.2, 0.25) is 15.6 Å². The summed E-state index contributed by atoms with van der Waals surface area (Å²) >= 11 is 16.7. The number of aromatic hydroxyl groups is 1. The van der Waals surface area contributed by atoms with Crippen LogP contribution in [0.4, 0.5) is 5.95 Å². The van der Waals surface area contributed by atoms with Gasteiger partial charge in [-0.3, -0.25) is 0 Å². The minimum absolute atomic E-state index is 0.00981. The number of nitrogens with zero attached hydrogens (tertiary/aromatic N) is 3. The topological polar surface area (TPSA) is 69.5 Å². The molecule has 0 aliphatic carbocycles. The molecular formula is C9H12Cl3N3O2. The molecule has 1 rings (SSSR count). The average Bonchev–Trinajstić information content (AvgIpc) is 2.14. The molecule has 96 valence electrons. The van der Waals surface area contributed by atoms with Gasteiger partial charge in [-0.25, -0.2) is 4.98 Å². The summed E-state index contributed by atoms with van der Waals surface area (Å²) in [5.74, 6) is -0.0970. The first-order valence-corrected chi connectivity index (χ1v) is 5.77. The van der Waals surface area contributed by atoms with Crippen molar-refractivity contribution in [1.29, 1.82) is 0 Å². The van der Waals surface area contributed by atoms with Crippen LogP contribution in [0.2, 0.25) is 0 Å². The fraction of sp³-hybridized carbons (Fsp3) is 0.556. The van der Waals surface area contributed by atoms with Crippen LogP contribution in [-0.2, 0) is 0 Å². The molecule has 0 saturated carbocycles. The van der Waals surface area contributed by atoms with Gasteiger partial charge in [0, 0.05) is 14.1 Å². The Morgan fingerprint density at radius 1 is 1.24 bits per heavy atom. The molecule has 17 heavy (non-hydrogen) atoms. The zero-order valence-corrected chi connectivity index (χ0v) is 11.7. The normalized spacial score (nSPS) is 13.6. The van der Waals surface area contributed by atoms with Crippen LogP contribution < -0.4 is 4.90 Å². The van der Waals surface area contributed by atoms with E-state index in [1.807, 2.05) is 0 Å². The molecule has 1 aromatic heterocycles. The van der Waals surface area contributed by atoms with Gasteiger partial charge in [0.1, 0.15) is 6.10 Å². The number of halogens is 3. The van der Waals surface area contributed by atoms with E-state index in [2.05, 4.69) is 9.97 Å². The number of aliphatic hydroxyl groups is 1. The van der Waals surface area contributed by atoms with E-state index < -0.39 is 15.8 Å². The molecule has 1 atom stereocenters. The number of aliphatic hydroxyl groups excluding tert-OH is 1. The molecular weight excluding hydrogens is 288 g/mol. The maximum atomic E-state index is 9.80. The highest BCUT2D eigenvalue weighted by Crippen LogP contribution is 2.43. The van der Waals surface area contributed by atoms with Gasteiger partial charge in [0.05, 0.1) is 11.3 Å². The minimum Gasteiger partial charge on any atom is -0.493 e. The second kappa shape index (κ2) is 5.02. The van der Waals surface area contributed by atoms with Crippen molar-refractivity contribution in [2.75, 3.05) is 19.0 Å². The molecule has 0 radical (unpaired) electrons. The lowest BCUT2D eigenvalue weighted by molar-refractivity contribution is 0.176. The maximum absolute atomic E-state index is 9.80. The van der Waals surface area contributed by atoms with Crippen LogP contribution in [0.5, 0.6) is 5.88 Å². The second-order valence-corrected chi connectivity index (χ2v) is 6.05. The standard InChI is InChI=1S/C9H12Cl3N3O2/c1-4-5(6(16)9(10,11)12)7(17)14-8(13-4)15(2)3/h6,16H,1-3H3,(H,13,14,17). The lowest BCUT2D eigenvalue weighted by Gasteiger charge is -2.22. The molecule has 0 spiro atoms. The van der Waals surface area contributed by atoms with Crippen molar-refractivity contribution < 1.29 is 10.2 Å². The van der Waals surface area contributed by atoms with Crippen LogP contribution in [0.1, 0.15) is 17.4 Å². The molecule has 0 saturated heterocycles. The van der Waals surface area contributed by atoms with E-state index in [4.69, 9.17) is 34.8 Å². The van der Waals surface area contributed by atoms with Gasteiger partial charge in [-0.05, 0) is 6.92 Å². The smallest absolute Gasteiger partial charge is 0.228 e. The number of anilines is 1. The predicted molar refractivity (Wildman–Crippen MR) is 68.0 cm³/mol. The van der Waals surface area contributed by atoms with E-state index in [1.54, 1.807) is 25.9 Å². The molecule has 0 aliphatic rings. The van der Waals surface area contributed by atoms with Gasteiger partial charge in [0.25, 0.3) is 0 Å². The number of alkyl halides is 3. The molecule has 5 nitrogen and oxygen atoms in total. The fourth-order valence-electron chi connectivity index (χ4n) is 1.24. The third-order valence-electron chi connectivity index (χ3n) is 2.09. The Hall–Kier alpha value is -0.490. The van der Waals surface area contributed by atoms with Crippen LogP contribution in [0.3, 0.4) is 0 Å². The molecule has 1 heterocycles. The van der Waals surface area contributed by atoms with Crippen molar-refractivity contribution in [2.24, 2.45) is 0 Å². The van der Waals surface area contributed by atoms with Gasteiger partial charge in [-0.15, -0.1) is 0 Å². The number of aryl methyl sites for hydroxylation is 1. The van der Waals surface area contributed by atoms with Crippen molar-refractivity contribution >= 4 is 40.8 Å². The quantitative estimate of drug-likeness (QED) is 0.817. The number of rotatable bonds is 2. The predicted octanol–water partition coefficient (Wildman–Crippen LogP) is 1.96. The SMILES string of the molecule is Cc1nc(N(C)C)nc(O)c1C(O)C(Cl)(Cl)Cl. The largest absolute Gasteiger partial charge is 0.493 e. The lowest BCUT2D eigenvalue weighted by atomic mass is 10.1. The van der Waals surface area contributed by atoms with Crippen LogP contribution >= 0.6 is 34.8 Å². The van der Waals surface area contributed by atoms with Gasteiger partial charge in [-0.1, -0.05) is 34.8 Å². The third kappa shape index (κ3) is 3.25. The summed E-state index contributed by atoms with van der Waals surface area (Å²) in [6.45, 7) is 1.59. The Kier molecular flexibility index (Phi) is 4.30. The highest BCUT2D eigenvalue weighted by atomic mass is 35.6. The molecule has 0 aliphatic heterocycles.